The summed E-state index contributed by atoms with van der Waals surface area (Å²) < 4.78 is 0. The summed E-state index contributed by atoms with van der Waals surface area (Å²) in [6.07, 6.45) is 8.82. The molecule has 1 aliphatic rings. The van der Waals surface area contributed by atoms with Crippen molar-refractivity contribution in [2.45, 2.75) is 24.4 Å². The predicted octanol–water partition coefficient (Wildman–Crippen LogP) is 3.80. The summed E-state index contributed by atoms with van der Waals surface area (Å²) in [4.78, 5) is 38.5. The maximum absolute atomic E-state index is 12.7. The van der Waals surface area contributed by atoms with Gasteiger partial charge in [-0.1, -0.05) is 11.8 Å². The summed E-state index contributed by atoms with van der Waals surface area (Å²) in [5, 5.41) is 3.36. The van der Waals surface area contributed by atoms with Gasteiger partial charge in [-0.25, -0.2) is 9.97 Å². The smallest absolute Gasteiger partial charge is 0.271 e. The molecular weight excluding hydrogens is 398 g/mol. The molecule has 1 fully saturated rings. The first kappa shape index (κ1) is 20.2. The van der Waals surface area contributed by atoms with Crippen molar-refractivity contribution < 1.29 is 4.79 Å². The number of aromatic amines is 1. The fourth-order valence-electron chi connectivity index (χ4n) is 3.49. The third-order valence-corrected chi connectivity index (χ3v) is 5.68. The number of rotatable bonds is 5. The highest BCUT2D eigenvalue weighted by molar-refractivity contribution is 7.98. The number of hydrogen-bond acceptors (Lipinski definition) is 6. The molecule has 0 spiro atoms. The first-order valence-electron chi connectivity index (χ1n) is 9.90. The monoisotopic (exact) mass is 421 g/mol. The van der Waals surface area contributed by atoms with Crippen molar-refractivity contribution in [2.24, 2.45) is 0 Å². The van der Waals surface area contributed by atoms with Gasteiger partial charge in [0.25, 0.3) is 11.5 Å². The Morgan fingerprint density at radius 2 is 1.90 bits per heavy atom. The third-order valence-electron chi connectivity index (χ3n) is 5.11. The quantitative estimate of drug-likeness (QED) is 0.481. The van der Waals surface area contributed by atoms with Crippen molar-refractivity contribution >= 4 is 29.0 Å². The molecule has 1 aromatic carbocycles. The number of thioether (sulfide) groups is 1. The number of H-pyrrole nitrogens is 1. The number of amides is 1. The fraction of sp³-hybridized carbons (Fsp3) is 0.273. The highest BCUT2D eigenvalue weighted by Crippen LogP contribution is 2.22. The van der Waals surface area contributed by atoms with Crippen LogP contribution < -0.4 is 15.8 Å². The van der Waals surface area contributed by atoms with Crippen LogP contribution >= 0.6 is 11.8 Å². The van der Waals surface area contributed by atoms with Crippen LogP contribution in [0.1, 0.15) is 29.6 Å². The van der Waals surface area contributed by atoms with E-state index in [0.29, 0.717) is 22.0 Å². The lowest BCUT2D eigenvalue weighted by molar-refractivity contribution is 0.102. The molecule has 154 valence electrons. The minimum absolute atomic E-state index is 0.182. The second-order valence-corrected chi connectivity index (χ2v) is 7.88. The normalized spacial score (nSPS) is 13.8. The van der Waals surface area contributed by atoms with E-state index in [9.17, 15) is 9.59 Å². The van der Waals surface area contributed by atoms with Gasteiger partial charge in [0.2, 0.25) is 0 Å². The van der Waals surface area contributed by atoms with Crippen LogP contribution in [0.15, 0.2) is 58.7 Å². The van der Waals surface area contributed by atoms with Gasteiger partial charge < -0.3 is 15.2 Å². The first-order chi connectivity index (χ1) is 14.6. The Labute approximate surface area is 179 Å². The summed E-state index contributed by atoms with van der Waals surface area (Å²) in [5.74, 6) is -0.324. The molecule has 1 amide bonds. The maximum Gasteiger partial charge on any atom is 0.271 e. The van der Waals surface area contributed by atoms with Crippen molar-refractivity contribution in [2.75, 3.05) is 29.6 Å². The number of nitrogens with zero attached hydrogens (tertiary/aromatic N) is 3. The first-order valence-corrected chi connectivity index (χ1v) is 11.1. The van der Waals surface area contributed by atoms with Crippen molar-refractivity contribution in [1.29, 1.82) is 0 Å². The summed E-state index contributed by atoms with van der Waals surface area (Å²) in [5.41, 5.74) is 2.82. The molecule has 1 saturated heterocycles. The molecule has 7 nitrogen and oxygen atoms in total. The maximum atomic E-state index is 12.7. The van der Waals surface area contributed by atoms with Gasteiger partial charge in [-0.2, -0.15) is 0 Å². The molecule has 30 heavy (non-hydrogen) atoms. The molecule has 0 saturated carbocycles. The van der Waals surface area contributed by atoms with Crippen LogP contribution in [-0.4, -0.2) is 40.2 Å². The molecular formula is C22H23N5O2S. The van der Waals surface area contributed by atoms with Crippen molar-refractivity contribution in [3.8, 4) is 11.3 Å². The number of carbonyl (C=O) groups excluding carboxylic acids is 1. The van der Waals surface area contributed by atoms with Crippen LogP contribution in [0.5, 0.6) is 0 Å². The van der Waals surface area contributed by atoms with Gasteiger partial charge >= 0.3 is 0 Å². The Balaban J connectivity index is 1.52. The number of piperidine rings is 1. The lowest BCUT2D eigenvalue weighted by Crippen LogP contribution is -2.29. The molecule has 1 aliphatic heterocycles. The number of benzene rings is 1. The zero-order valence-electron chi connectivity index (χ0n) is 16.7. The second kappa shape index (κ2) is 9.13. The van der Waals surface area contributed by atoms with Gasteiger partial charge in [-0.05, 0) is 61.9 Å². The van der Waals surface area contributed by atoms with E-state index >= 15 is 0 Å². The molecule has 8 heteroatoms. The number of nitrogens with one attached hydrogen (secondary N) is 2. The van der Waals surface area contributed by atoms with Crippen LogP contribution in [0.4, 0.5) is 11.4 Å². The third kappa shape index (κ3) is 4.54. The Bertz CT molecular complexity index is 1090. The van der Waals surface area contributed by atoms with E-state index in [4.69, 9.17) is 0 Å². The van der Waals surface area contributed by atoms with E-state index < -0.39 is 0 Å². The highest BCUT2D eigenvalue weighted by Gasteiger charge is 2.14. The van der Waals surface area contributed by atoms with E-state index in [-0.39, 0.29) is 17.2 Å². The average Bonchev–Trinajstić information content (AvgIpc) is 2.81. The topological polar surface area (TPSA) is 91.0 Å². The minimum Gasteiger partial charge on any atom is -0.372 e. The summed E-state index contributed by atoms with van der Waals surface area (Å²) >= 11 is 1.44. The lowest BCUT2D eigenvalue weighted by atomic mass is 10.1. The van der Waals surface area contributed by atoms with E-state index in [1.165, 1.54) is 31.0 Å². The molecule has 0 atom stereocenters. The molecule has 0 radical (unpaired) electrons. The van der Waals surface area contributed by atoms with Crippen LogP contribution in [0, 0.1) is 0 Å². The summed E-state index contributed by atoms with van der Waals surface area (Å²) in [6, 6.07) is 10.9. The number of pyridine rings is 1. The molecule has 2 aromatic heterocycles. The lowest BCUT2D eigenvalue weighted by Gasteiger charge is -2.28. The second-order valence-electron chi connectivity index (χ2n) is 7.11. The van der Waals surface area contributed by atoms with E-state index in [1.54, 1.807) is 36.7 Å². The number of hydrogen-bond donors (Lipinski definition) is 2. The Morgan fingerprint density at radius 3 is 2.63 bits per heavy atom. The van der Waals surface area contributed by atoms with Gasteiger partial charge in [0.15, 0.2) is 5.16 Å². The molecule has 3 heterocycles. The van der Waals surface area contributed by atoms with Gasteiger partial charge in [0.05, 0.1) is 5.69 Å². The van der Waals surface area contributed by atoms with Crippen molar-refractivity contribution in [3.63, 3.8) is 0 Å². The minimum atomic E-state index is -0.365. The van der Waals surface area contributed by atoms with E-state index in [0.717, 1.165) is 18.8 Å². The SMILES string of the molecule is CSc1nccc(-c2c[nH]c(=O)c(NC(=O)c3ccc(N4CCCCC4)cc3)c2)n1. The molecule has 3 aromatic rings. The Kier molecular flexibility index (Phi) is 6.13. The molecule has 0 bridgehead atoms. The van der Waals surface area contributed by atoms with Gasteiger partial charge in [-0.3, -0.25) is 9.59 Å². The number of carbonyl (C=O) groups is 1. The summed E-state index contributed by atoms with van der Waals surface area (Å²) in [7, 11) is 0. The fourth-order valence-corrected chi connectivity index (χ4v) is 3.85. The van der Waals surface area contributed by atoms with Crippen LogP contribution in [-0.2, 0) is 0 Å². The largest absolute Gasteiger partial charge is 0.372 e. The molecule has 0 unspecified atom stereocenters. The Hall–Kier alpha value is -3.13. The van der Waals surface area contributed by atoms with E-state index in [1.807, 2.05) is 18.4 Å². The molecule has 4 rings (SSSR count). The van der Waals surface area contributed by atoms with Gasteiger partial charge in [-0.15, -0.1) is 0 Å². The standard InChI is InChI=1S/C22H23N5O2S/c1-30-22-23-10-9-18(26-22)16-13-19(21(29)24-14-16)25-20(28)15-5-7-17(8-6-15)27-11-3-2-4-12-27/h5-10,13-14H,2-4,11-12H2,1H3,(H,24,29)(H,25,28). The van der Waals surface area contributed by atoms with Gasteiger partial charge in [0, 0.05) is 42.3 Å². The number of aromatic nitrogens is 3. The van der Waals surface area contributed by atoms with Crippen molar-refractivity contribution in [3.05, 3.63) is 64.7 Å². The Morgan fingerprint density at radius 1 is 1.13 bits per heavy atom. The predicted molar refractivity (Wildman–Crippen MR) is 120 cm³/mol. The number of anilines is 2. The zero-order chi connectivity index (χ0) is 20.9. The highest BCUT2D eigenvalue weighted by atomic mass is 32.2. The zero-order valence-corrected chi connectivity index (χ0v) is 17.5. The molecule has 2 N–H and O–H groups in total. The van der Waals surface area contributed by atoms with Crippen LogP contribution in [0.3, 0.4) is 0 Å². The van der Waals surface area contributed by atoms with Crippen LogP contribution in [0.25, 0.3) is 11.3 Å². The summed E-state index contributed by atoms with van der Waals surface area (Å²) in [6.45, 7) is 2.10. The van der Waals surface area contributed by atoms with E-state index in [2.05, 4.69) is 25.2 Å². The van der Waals surface area contributed by atoms with Gasteiger partial charge in [0.1, 0.15) is 5.69 Å². The van der Waals surface area contributed by atoms with Crippen molar-refractivity contribution in [1.82, 2.24) is 15.0 Å². The average molecular weight is 422 g/mol. The molecule has 0 aliphatic carbocycles. The van der Waals surface area contributed by atoms with Crippen LogP contribution in [0.2, 0.25) is 0 Å².